The maximum Gasteiger partial charge on any atom is 0.147 e. The van der Waals surface area contributed by atoms with E-state index in [0.717, 1.165) is 0 Å². The predicted octanol–water partition coefficient (Wildman–Crippen LogP) is 2.91. The van der Waals surface area contributed by atoms with Gasteiger partial charge in [-0.15, -0.1) is 0 Å². The molecule has 0 heterocycles. The Morgan fingerprint density at radius 1 is 1.50 bits per heavy atom. The van der Waals surface area contributed by atoms with Crippen molar-refractivity contribution in [2.24, 2.45) is 5.92 Å². The number of rotatable bonds is 5. The molecule has 0 bridgehead atoms. The Kier molecular flexibility index (Phi) is 4.69. The average molecular weight is 250 g/mol. The van der Waals surface area contributed by atoms with Gasteiger partial charge in [-0.2, -0.15) is 5.26 Å². The van der Waals surface area contributed by atoms with Crippen LogP contribution in [-0.2, 0) is 0 Å². The van der Waals surface area contributed by atoms with Crippen LogP contribution in [0.5, 0.6) is 0 Å². The number of nitriles is 1. The van der Waals surface area contributed by atoms with Crippen LogP contribution >= 0.6 is 0 Å². The average Bonchev–Trinajstić information content (AvgIpc) is 2.25. The van der Waals surface area contributed by atoms with Gasteiger partial charge >= 0.3 is 0 Å². The van der Waals surface area contributed by atoms with Gasteiger partial charge in [-0.3, -0.25) is 0 Å². The molecule has 18 heavy (non-hydrogen) atoms. The molecule has 0 aliphatic carbocycles. The van der Waals surface area contributed by atoms with Crippen LogP contribution in [0.4, 0.5) is 10.1 Å². The van der Waals surface area contributed by atoms with E-state index in [4.69, 9.17) is 5.26 Å². The second kappa shape index (κ2) is 5.83. The largest absolute Gasteiger partial charge is 0.388 e. The Bertz CT molecular complexity index is 450. The van der Waals surface area contributed by atoms with E-state index in [0.29, 0.717) is 18.0 Å². The van der Waals surface area contributed by atoms with Crippen molar-refractivity contribution < 1.29 is 9.50 Å². The zero-order valence-electron chi connectivity index (χ0n) is 11.0. The number of nitrogens with one attached hydrogen (secondary N) is 1. The van der Waals surface area contributed by atoms with E-state index in [2.05, 4.69) is 5.32 Å². The summed E-state index contributed by atoms with van der Waals surface area (Å²) in [6.45, 7) is 6.04. The molecule has 1 aromatic rings. The van der Waals surface area contributed by atoms with Crippen molar-refractivity contribution in [3.05, 3.63) is 29.6 Å². The van der Waals surface area contributed by atoms with Gasteiger partial charge < -0.3 is 10.4 Å². The number of benzene rings is 1. The summed E-state index contributed by atoms with van der Waals surface area (Å²) < 4.78 is 13.6. The number of nitrogens with zero attached hydrogens (tertiary/aromatic N) is 1. The highest BCUT2D eigenvalue weighted by Crippen LogP contribution is 2.20. The first-order valence-corrected chi connectivity index (χ1v) is 6.00. The molecule has 1 atom stereocenters. The van der Waals surface area contributed by atoms with Crippen LogP contribution in [0.25, 0.3) is 0 Å². The normalized spacial score (nSPS) is 14.1. The SMILES string of the molecule is CC(C)CC(C)(O)CNc1ccc(C#N)cc1F. The molecule has 0 aromatic heterocycles. The number of anilines is 1. The quantitative estimate of drug-likeness (QED) is 0.844. The minimum atomic E-state index is -0.880. The molecule has 1 rings (SSSR count). The minimum absolute atomic E-state index is 0.272. The van der Waals surface area contributed by atoms with Gasteiger partial charge in [-0.1, -0.05) is 13.8 Å². The summed E-state index contributed by atoms with van der Waals surface area (Å²) in [6, 6.07) is 6.11. The number of hydrogen-bond donors (Lipinski definition) is 2. The van der Waals surface area contributed by atoms with Crippen molar-refractivity contribution in [3.63, 3.8) is 0 Å². The first-order chi connectivity index (χ1) is 8.34. The third-order valence-electron chi connectivity index (χ3n) is 2.61. The van der Waals surface area contributed by atoms with Gasteiger partial charge in [-0.05, 0) is 37.5 Å². The Morgan fingerprint density at radius 3 is 2.67 bits per heavy atom. The third kappa shape index (κ3) is 4.34. The molecule has 0 amide bonds. The third-order valence-corrected chi connectivity index (χ3v) is 2.61. The Balaban J connectivity index is 2.67. The molecular weight excluding hydrogens is 231 g/mol. The fraction of sp³-hybridized carbons (Fsp3) is 0.500. The number of hydrogen-bond acceptors (Lipinski definition) is 3. The molecule has 0 fully saturated rings. The molecule has 2 N–H and O–H groups in total. The van der Waals surface area contributed by atoms with Crippen molar-refractivity contribution in [1.82, 2.24) is 0 Å². The summed E-state index contributed by atoms with van der Waals surface area (Å²) in [4.78, 5) is 0. The first-order valence-electron chi connectivity index (χ1n) is 6.00. The zero-order chi connectivity index (χ0) is 13.8. The molecule has 0 aliphatic heterocycles. The molecule has 1 unspecified atom stereocenters. The zero-order valence-corrected chi connectivity index (χ0v) is 11.0. The molecule has 0 saturated carbocycles. The Morgan fingerprint density at radius 2 is 2.17 bits per heavy atom. The van der Waals surface area contributed by atoms with Crippen LogP contribution in [0, 0.1) is 23.1 Å². The van der Waals surface area contributed by atoms with E-state index in [1.807, 2.05) is 19.9 Å². The maximum absolute atomic E-state index is 13.6. The molecule has 4 heteroatoms. The van der Waals surface area contributed by atoms with Crippen LogP contribution in [-0.4, -0.2) is 17.3 Å². The molecule has 0 spiro atoms. The van der Waals surface area contributed by atoms with E-state index in [1.54, 1.807) is 13.0 Å². The molecule has 0 aliphatic rings. The fourth-order valence-corrected chi connectivity index (χ4v) is 1.97. The fourth-order valence-electron chi connectivity index (χ4n) is 1.97. The van der Waals surface area contributed by atoms with Crippen LogP contribution in [0.3, 0.4) is 0 Å². The van der Waals surface area contributed by atoms with E-state index in [-0.39, 0.29) is 12.1 Å². The summed E-state index contributed by atoms with van der Waals surface area (Å²) >= 11 is 0. The van der Waals surface area contributed by atoms with E-state index in [1.165, 1.54) is 12.1 Å². The van der Waals surface area contributed by atoms with Gasteiger partial charge in [0.15, 0.2) is 0 Å². The number of aliphatic hydroxyl groups is 1. The van der Waals surface area contributed by atoms with Gasteiger partial charge in [0.2, 0.25) is 0 Å². The molecule has 0 radical (unpaired) electrons. The summed E-state index contributed by atoms with van der Waals surface area (Å²) in [6.07, 6.45) is 0.637. The van der Waals surface area contributed by atoms with Crippen LogP contribution < -0.4 is 5.32 Å². The topological polar surface area (TPSA) is 56.0 Å². The summed E-state index contributed by atoms with van der Waals surface area (Å²) in [5.74, 6) is -0.109. The number of halogens is 1. The molecule has 3 nitrogen and oxygen atoms in total. The highest BCUT2D eigenvalue weighted by Gasteiger charge is 2.21. The Hall–Kier alpha value is -1.60. The maximum atomic E-state index is 13.6. The summed E-state index contributed by atoms with van der Waals surface area (Å²) in [5, 5.41) is 21.6. The Labute approximate surface area is 107 Å². The standard InChI is InChI=1S/C14H19FN2O/c1-10(2)7-14(3,18)9-17-13-5-4-11(8-16)6-12(13)15/h4-6,10,17-18H,7,9H2,1-3H3. The van der Waals surface area contributed by atoms with Gasteiger partial charge in [0.1, 0.15) is 5.82 Å². The minimum Gasteiger partial charge on any atom is -0.388 e. The smallest absolute Gasteiger partial charge is 0.147 e. The van der Waals surface area contributed by atoms with Crippen molar-refractivity contribution in [1.29, 1.82) is 5.26 Å². The molecule has 98 valence electrons. The lowest BCUT2D eigenvalue weighted by atomic mass is 9.94. The summed E-state index contributed by atoms with van der Waals surface area (Å²) in [5.41, 5.74) is -0.292. The van der Waals surface area contributed by atoms with Crippen LogP contribution in [0.1, 0.15) is 32.8 Å². The molecule has 1 aromatic carbocycles. The highest BCUT2D eigenvalue weighted by molar-refractivity contribution is 5.48. The predicted molar refractivity (Wildman–Crippen MR) is 69.7 cm³/mol. The van der Waals surface area contributed by atoms with Gasteiger partial charge in [0, 0.05) is 6.54 Å². The van der Waals surface area contributed by atoms with E-state index in [9.17, 15) is 9.50 Å². The lowest BCUT2D eigenvalue weighted by molar-refractivity contribution is 0.0515. The highest BCUT2D eigenvalue weighted by atomic mass is 19.1. The van der Waals surface area contributed by atoms with Crippen LogP contribution in [0.2, 0.25) is 0 Å². The van der Waals surface area contributed by atoms with Crippen molar-refractivity contribution in [2.75, 3.05) is 11.9 Å². The summed E-state index contributed by atoms with van der Waals surface area (Å²) in [7, 11) is 0. The lowest BCUT2D eigenvalue weighted by Crippen LogP contribution is -2.35. The van der Waals surface area contributed by atoms with Gasteiger partial charge in [-0.25, -0.2) is 4.39 Å². The van der Waals surface area contributed by atoms with Crippen LogP contribution in [0.15, 0.2) is 18.2 Å². The van der Waals surface area contributed by atoms with Crippen molar-refractivity contribution in [2.45, 2.75) is 32.8 Å². The van der Waals surface area contributed by atoms with Gasteiger partial charge in [0.25, 0.3) is 0 Å². The lowest BCUT2D eigenvalue weighted by Gasteiger charge is -2.26. The van der Waals surface area contributed by atoms with E-state index < -0.39 is 11.4 Å². The monoisotopic (exact) mass is 250 g/mol. The van der Waals surface area contributed by atoms with E-state index >= 15 is 0 Å². The van der Waals surface area contributed by atoms with Crippen molar-refractivity contribution in [3.8, 4) is 6.07 Å². The second-order valence-corrected chi connectivity index (χ2v) is 5.25. The second-order valence-electron chi connectivity index (χ2n) is 5.25. The molecule has 0 saturated heterocycles. The van der Waals surface area contributed by atoms with Crippen molar-refractivity contribution >= 4 is 5.69 Å². The first kappa shape index (κ1) is 14.5. The van der Waals surface area contributed by atoms with Gasteiger partial charge in [0.05, 0.1) is 22.9 Å². The molecular formula is C14H19FN2O.